The standard InChI is InChI=1S/C15H14Cl2N2OS/c16-11-6-10(7-12(18)14(11)17)15(20)19-4-1-2-13(19)9-3-5-21-8-9/h3,5-8,13H,1-2,4,18H2. The van der Waals surface area contributed by atoms with Crippen LogP contribution in [0.4, 0.5) is 5.69 Å². The maximum Gasteiger partial charge on any atom is 0.254 e. The number of anilines is 1. The molecule has 1 saturated heterocycles. The second-order valence-corrected chi connectivity index (χ2v) is 6.64. The monoisotopic (exact) mass is 340 g/mol. The van der Waals surface area contributed by atoms with E-state index in [0.29, 0.717) is 21.3 Å². The van der Waals surface area contributed by atoms with Gasteiger partial charge in [-0.2, -0.15) is 11.3 Å². The highest BCUT2D eigenvalue weighted by Crippen LogP contribution is 2.36. The highest BCUT2D eigenvalue weighted by atomic mass is 35.5. The maximum atomic E-state index is 12.7. The molecule has 1 fully saturated rings. The predicted molar refractivity (Wildman–Crippen MR) is 88.2 cm³/mol. The molecule has 0 saturated carbocycles. The van der Waals surface area contributed by atoms with Crippen LogP contribution in [-0.4, -0.2) is 17.4 Å². The molecular weight excluding hydrogens is 327 g/mol. The SMILES string of the molecule is Nc1cc(C(=O)N2CCCC2c2ccsc2)cc(Cl)c1Cl. The van der Waals surface area contributed by atoms with Gasteiger partial charge in [0.2, 0.25) is 0 Å². The first-order valence-electron chi connectivity index (χ1n) is 6.65. The Kier molecular flexibility index (Phi) is 4.11. The molecule has 21 heavy (non-hydrogen) atoms. The van der Waals surface area contributed by atoms with Gasteiger partial charge in [0.05, 0.1) is 21.8 Å². The molecule has 1 unspecified atom stereocenters. The summed E-state index contributed by atoms with van der Waals surface area (Å²) in [6, 6.07) is 5.40. The molecule has 6 heteroatoms. The Hall–Kier alpha value is -1.23. The van der Waals surface area contributed by atoms with Gasteiger partial charge in [-0.1, -0.05) is 23.2 Å². The van der Waals surface area contributed by atoms with Gasteiger partial charge >= 0.3 is 0 Å². The van der Waals surface area contributed by atoms with Crippen LogP contribution in [0.1, 0.15) is 34.8 Å². The first-order valence-corrected chi connectivity index (χ1v) is 8.35. The van der Waals surface area contributed by atoms with Crippen LogP contribution in [0.3, 0.4) is 0 Å². The summed E-state index contributed by atoms with van der Waals surface area (Å²) < 4.78 is 0. The highest BCUT2D eigenvalue weighted by Gasteiger charge is 2.31. The molecule has 1 aliphatic heterocycles. The van der Waals surface area contributed by atoms with Crippen molar-refractivity contribution in [1.82, 2.24) is 4.90 Å². The van der Waals surface area contributed by atoms with Crippen LogP contribution in [0.2, 0.25) is 10.0 Å². The molecule has 0 bridgehead atoms. The van der Waals surface area contributed by atoms with Crippen LogP contribution in [0.5, 0.6) is 0 Å². The third kappa shape index (κ3) is 2.76. The summed E-state index contributed by atoms with van der Waals surface area (Å²) >= 11 is 13.6. The number of rotatable bonds is 2. The van der Waals surface area contributed by atoms with Gasteiger partial charge in [0, 0.05) is 12.1 Å². The van der Waals surface area contributed by atoms with E-state index in [1.165, 1.54) is 5.56 Å². The van der Waals surface area contributed by atoms with Gasteiger partial charge < -0.3 is 10.6 Å². The predicted octanol–water partition coefficient (Wildman–Crippen LogP) is 4.61. The normalized spacial score (nSPS) is 18.2. The molecule has 2 N–H and O–H groups in total. The zero-order valence-electron chi connectivity index (χ0n) is 11.2. The van der Waals surface area contributed by atoms with Crippen molar-refractivity contribution in [2.75, 3.05) is 12.3 Å². The smallest absolute Gasteiger partial charge is 0.254 e. The van der Waals surface area contributed by atoms with Crippen LogP contribution >= 0.6 is 34.5 Å². The van der Waals surface area contributed by atoms with Crippen LogP contribution in [-0.2, 0) is 0 Å². The van der Waals surface area contributed by atoms with Crippen molar-refractivity contribution in [2.24, 2.45) is 0 Å². The summed E-state index contributed by atoms with van der Waals surface area (Å²) in [5.74, 6) is -0.0473. The van der Waals surface area contributed by atoms with E-state index in [0.717, 1.165) is 19.4 Å². The molecule has 2 heterocycles. The first kappa shape index (κ1) is 14.7. The molecule has 2 aromatic rings. The molecule has 1 aromatic heterocycles. The number of nitrogens with two attached hydrogens (primary N) is 1. The van der Waals surface area contributed by atoms with E-state index >= 15 is 0 Å². The van der Waals surface area contributed by atoms with Crippen molar-refractivity contribution < 1.29 is 4.79 Å². The number of carbonyl (C=O) groups excluding carboxylic acids is 1. The van der Waals surface area contributed by atoms with Crippen molar-refractivity contribution in [3.05, 3.63) is 50.1 Å². The molecule has 1 aliphatic rings. The Labute approximate surface area is 137 Å². The molecule has 3 nitrogen and oxygen atoms in total. The number of halogens is 2. The molecule has 1 atom stereocenters. The minimum atomic E-state index is -0.0473. The van der Waals surface area contributed by atoms with E-state index in [4.69, 9.17) is 28.9 Å². The van der Waals surface area contributed by atoms with E-state index in [1.807, 2.05) is 10.3 Å². The lowest BCUT2D eigenvalue weighted by molar-refractivity contribution is 0.0736. The zero-order valence-corrected chi connectivity index (χ0v) is 13.5. The van der Waals surface area contributed by atoms with Crippen molar-refractivity contribution >= 4 is 46.1 Å². The summed E-state index contributed by atoms with van der Waals surface area (Å²) in [5, 5.41) is 4.74. The number of likely N-dealkylation sites (tertiary alicyclic amines) is 1. The lowest BCUT2D eigenvalue weighted by atomic mass is 10.1. The Morgan fingerprint density at radius 1 is 1.38 bits per heavy atom. The summed E-state index contributed by atoms with van der Waals surface area (Å²) in [4.78, 5) is 14.6. The summed E-state index contributed by atoms with van der Waals surface area (Å²) in [7, 11) is 0. The number of nitrogens with zero attached hydrogens (tertiary/aromatic N) is 1. The third-order valence-corrected chi connectivity index (χ3v) is 5.26. The molecule has 1 amide bonds. The molecule has 1 aromatic carbocycles. The van der Waals surface area contributed by atoms with Crippen molar-refractivity contribution in [1.29, 1.82) is 0 Å². The van der Waals surface area contributed by atoms with Crippen molar-refractivity contribution in [3.63, 3.8) is 0 Å². The van der Waals surface area contributed by atoms with Gasteiger partial charge in [-0.05, 0) is 47.4 Å². The van der Waals surface area contributed by atoms with Crippen molar-refractivity contribution in [2.45, 2.75) is 18.9 Å². The van der Waals surface area contributed by atoms with Gasteiger partial charge in [0.1, 0.15) is 0 Å². The molecular formula is C15H14Cl2N2OS. The highest BCUT2D eigenvalue weighted by molar-refractivity contribution is 7.08. The average molecular weight is 341 g/mol. The van der Waals surface area contributed by atoms with E-state index in [2.05, 4.69) is 11.4 Å². The quantitative estimate of drug-likeness (QED) is 0.811. The number of carbonyl (C=O) groups is 1. The summed E-state index contributed by atoms with van der Waals surface area (Å²) in [6.45, 7) is 0.750. The molecule has 0 radical (unpaired) electrons. The fourth-order valence-electron chi connectivity index (χ4n) is 2.72. The zero-order chi connectivity index (χ0) is 15.0. The largest absolute Gasteiger partial charge is 0.397 e. The Bertz CT molecular complexity index is 649. The van der Waals surface area contributed by atoms with Crippen LogP contribution in [0.15, 0.2) is 29.0 Å². The van der Waals surface area contributed by atoms with E-state index in [9.17, 15) is 4.79 Å². The topological polar surface area (TPSA) is 46.3 Å². The summed E-state index contributed by atoms with van der Waals surface area (Å²) in [5.41, 5.74) is 7.82. The lowest BCUT2D eigenvalue weighted by Crippen LogP contribution is -2.30. The van der Waals surface area contributed by atoms with Gasteiger partial charge in [0.25, 0.3) is 5.91 Å². The third-order valence-electron chi connectivity index (χ3n) is 3.74. The van der Waals surface area contributed by atoms with Gasteiger partial charge in [0.15, 0.2) is 0 Å². The number of hydrogen-bond acceptors (Lipinski definition) is 3. The maximum absolute atomic E-state index is 12.7. The number of nitrogen functional groups attached to an aromatic ring is 1. The van der Waals surface area contributed by atoms with Gasteiger partial charge in [-0.15, -0.1) is 0 Å². The Balaban J connectivity index is 1.91. The fourth-order valence-corrected chi connectivity index (χ4v) is 3.76. The van der Waals surface area contributed by atoms with E-state index < -0.39 is 0 Å². The van der Waals surface area contributed by atoms with Gasteiger partial charge in [-0.3, -0.25) is 4.79 Å². The second kappa shape index (κ2) is 5.87. The molecule has 0 spiro atoms. The second-order valence-electron chi connectivity index (χ2n) is 5.07. The summed E-state index contributed by atoms with van der Waals surface area (Å²) in [6.07, 6.45) is 1.99. The van der Waals surface area contributed by atoms with Crippen LogP contribution in [0.25, 0.3) is 0 Å². The molecule has 110 valence electrons. The van der Waals surface area contributed by atoms with Crippen molar-refractivity contribution in [3.8, 4) is 0 Å². The Morgan fingerprint density at radius 2 is 2.19 bits per heavy atom. The molecule has 0 aliphatic carbocycles. The fraction of sp³-hybridized carbons (Fsp3) is 0.267. The van der Waals surface area contributed by atoms with Gasteiger partial charge in [-0.25, -0.2) is 0 Å². The number of amides is 1. The molecule has 3 rings (SSSR count). The number of benzene rings is 1. The minimum Gasteiger partial charge on any atom is -0.397 e. The lowest BCUT2D eigenvalue weighted by Gasteiger charge is -2.24. The first-order chi connectivity index (χ1) is 10.1. The van der Waals surface area contributed by atoms with E-state index in [-0.39, 0.29) is 11.9 Å². The Morgan fingerprint density at radius 3 is 2.86 bits per heavy atom. The number of hydrogen-bond donors (Lipinski definition) is 1. The average Bonchev–Trinajstić information content (AvgIpc) is 3.13. The van der Waals surface area contributed by atoms with E-state index in [1.54, 1.807) is 23.5 Å². The van der Waals surface area contributed by atoms with Crippen LogP contribution in [0, 0.1) is 0 Å². The minimum absolute atomic E-state index is 0.0473. The number of thiophene rings is 1. The van der Waals surface area contributed by atoms with Crippen LogP contribution < -0.4 is 5.73 Å².